The number of rotatable bonds is 5. The van der Waals surface area contributed by atoms with Crippen molar-refractivity contribution in [3.63, 3.8) is 0 Å². The van der Waals surface area contributed by atoms with Crippen LogP contribution in [-0.4, -0.2) is 49.6 Å². The number of hydrogen-bond donors (Lipinski definition) is 4. The molecular formula is C11H17N3O7P+. The molecule has 0 aliphatic carbocycles. The number of aryl methyl sites for hydroxylation is 1. The lowest BCUT2D eigenvalue weighted by Gasteiger charge is -2.18. The lowest BCUT2D eigenvalue weighted by molar-refractivity contribution is -0.0517. The molecule has 5 unspecified atom stereocenters. The van der Waals surface area contributed by atoms with Gasteiger partial charge in [0.2, 0.25) is 0 Å². The third-order valence-electron chi connectivity index (χ3n) is 3.40. The first kappa shape index (κ1) is 16.9. The summed E-state index contributed by atoms with van der Waals surface area (Å²) in [5.74, 6) is 0.0916. The number of nitrogens with zero attached hydrogens (tertiary/aromatic N) is 2. The molecule has 2 rings (SSSR count). The molecule has 1 aliphatic rings. The molecule has 1 saturated heterocycles. The third-order valence-corrected chi connectivity index (χ3v) is 3.77. The van der Waals surface area contributed by atoms with Gasteiger partial charge in [-0.2, -0.15) is 4.98 Å². The topological polar surface area (TPSA) is 157 Å². The molecule has 11 heteroatoms. The Morgan fingerprint density at radius 3 is 2.77 bits per heavy atom. The summed E-state index contributed by atoms with van der Waals surface area (Å²) in [5.41, 5.74) is 5.46. The third kappa shape index (κ3) is 3.32. The highest BCUT2D eigenvalue weighted by molar-refractivity contribution is 7.32. The zero-order valence-electron chi connectivity index (χ0n) is 11.7. The van der Waals surface area contributed by atoms with Crippen LogP contribution < -0.4 is 11.4 Å². The summed E-state index contributed by atoms with van der Waals surface area (Å²) >= 11 is 0. The average molecular weight is 334 g/mol. The maximum absolute atomic E-state index is 11.9. The SMILES string of the molecule is CCc1cn(C2OC(CO[P+](=O)O)C(O)C2O)c(=O)nc1N. The molecule has 5 N–H and O–H groups in total. The Bertz CT molecular complexity index is 622. The summed E-state index contributed by atoms with van der Waals surface area (Å²) in [4.78, 5) is 24.1. The lowest BCUT2D eigenvalue weighted by atomic mass is 10.1. The zero-order chi connectivity index (χ0) is 16.4. The first-order valence-corrected chi connectivity index (χ1v) is 7.66. The minimum absolute atomic E-state index is 0.0916. The van der Waals surface area contributed by atoms with Crippen LogP contribution in [0.15, 0.2) is 11.0 Å². The summed E-state index contributed by atoms with van der Waals surface area (Å²) in [5, 5.41) is 19.9. The van der Waals surface area contributed by atoms with Gasteiger partial charge in [-0.15, -0.1) is 9.42 Å². The number of aliphatic hydroxyl groups excluding tert-OH is 2. The van der Waals surface area contributed by atoms with Gasteiger partial charge in [-0.05, 0) is 6.42 Å². The highest BCUT2D eigenvalue weighted by Crippen LogP contribution is 2.30. The molecule has 10 nitrogen and oxygen atoms in total. The van der Waals surface area contributed by atoms with Crippen LogP contribution in [0.5, 0.6) is 0 Å². The quantitative estimate of drug-likeness (QED) is 0.479. The van der Waals surface area contributed by atoms with E-state index in [-0.39, 0.29) is 5.82 Å². The van der Waals surface area contributed by atoms with E-state index in [1.54, 1.807) is 0 Å². The molecule has 122 valence electrons. The van der Waals surface area contributed by atoms with Crippen molar-refractivity contribution in [2.75, 3.05) is 12.3 Å². The highest BCUT2D eigenvalue weighted by atomic mass is 31.1. The van der Waals surface area contributed by atoms with E-state index in [2.05, 4.69) is 9.51 Å². The molecule has 1 aromatic rings. The second-order valence-electron chi connectivity index (χ2n) is 4.77. The number of nitrogens with two attached hydrogens (primary N) is 1. The van der Waals surface area contributed by atoms with Gasteiger partial charge in [0, 0.05) is 16.3 Å². The maximum Gasteiger partial charge on any atom is 0.694 e. The van der Waals surface area contributed by atoms with Gasteiger partial charge in [0.15, 0.2) is 6.23 Å². The molecule has 5 atom stereocenters. The molecule has 1 aliphatic heterocycles. The Labute approximate surface area is 126 Å². The maximum atomic E-state index is 11.9. The molecule has 22 heavy (non-hydrogen) atoms. The Morgan fingerprint density at radius 1 is 1.50 bits per heavy atom. The number of aromatic nitrogens is 2. The van der Waals surface area contributed by atoms with Crippen molar-refractivity contribution in [2.24, 2.45) is 0 Å². The summed E-state index contributed by atoms with van der Waals surface area (Å²) in [6, 6.07) is 0. The fraction of sp³-hybridized carbons (Fsp3) is 0.636. The highest BCUT2D eigenvalue weighted by Gasteiger charge is 2.45. The van der Waals surface area contributed by atoms with E-state index < -0.39 is 45.1 Å². The van der Waals surface area contributed by atoms with Gasteiger partial charge in [0.05, 0.1) is 0 Å². The molecule has 1 fully saturated rings. The van der Waals surface area contributed by atoms with Crippen molar-refractivity contribution in [2.45, 2.75) is 37.9 Å². The van der Waals surface area contributed by atoms with E-state index in [0.717, 1.165) is 4.57 Å². The first-order valence-electron chi connectivity index (χ1n) is 6.53. The Hall–Kier alpha value is -1.42. The van der Waals surface area contributed by atoms with E-state index in [0.29, 0.717) is 12.0 Å². The van der Waals surface area contributed by atoms with Crippen LogP contribution in [0.25, 0.3) is 0 Å². The van der Waals surface area contributed by atoms with Gasteiger partial charge in [-0.25, -0.2) is 4.79 Å². The predicted molar refractivity (Wildman–Crippen MR) is 74.0 cm³/mol. The van der Waals surface area contributed by atoms with Crippen LogP contribution in [0.2, 0.25) is 0 Å². The molecule has 1 aromatic heterocycles. The van der Waals surface area contributed by atoms with Gasteiger partial charge in [0.25, 0.3) is 0 Å². The molecule has 0 spiro atoms. The average Bonchev–Trinajstić information content (AvgIpc) is 2.73. The van der Waals surface area contributed by atoms with Crippen molar-refractivity contribution in [3.8, 4) is 0 Å². The fourth-order valence-corrected chi connectivity index (χ4v) is 2.48. The van der Waals surface area contributed by atoms with Crippen molar-refractivity contribution in [1.29, 1.82) is 0 Å². The van der Waals surface area contributed by atoms with E-state index in [4.69, 9.17) is 15.4 Å². The van der Waals surface area contributed by atoms with Crippen LogP contribution in [0, 0.1) is 0 Å². The normalized spacial score (nSPS) is 28.8. The van der Waals surface area contributed by atoms with Crippen molar-refractivity contribution < 1.29 is 28.9 Å². The van der Waals surface area contributed by atoms with Gasteiger partial charge < -0.3 is 20.7 Å². The fourth-order valence-electron chi connectivity index (χ4n) is 2.21. The first-order chi connectivity index (χ1) is 10.3. The molecule has 0 aromatic carbocycles. The zero-order valence-corrected chi connectivity index (χ0v) is 12.6. The molecule has 0 bridgehead atoms. The van der Waals surface area contributed by atoms with Crippen LogP contribution >= 0.6 is 8.25 Å². The number of aliphatic hydroxyl groups is 2. The minimum Gasteiger partial charge on any atom is -0.387 e. The summed E-state index contributed by atoms with van der Waals surface area (Å²) in [6.45, 7) is 1.41. The number of hydrogen-bond acceptors (Lipinski definition) is 8. The summed E-state index contributed by atoms with van der Waals surface area (Å²) in [6.07, 6.45) is -3.12. The van der Waals surface area contributed by atoms with Crippen LogP contribution in [0.1, 0.15) is 18.7 Å². The number of anilines is 1. The van der Waals surface area contributed by atoms with Gasteiger partial charge >= 0.3 is 13.9 Å². The standard InChI is InChI=1S/C11H16N3O7P/c1-2-5-3-14(11(17)13-9(5)12)10-8(16)7(15)6(21-10)4-20-22(18)19/h3,6-8,10,15-16H,2,4H2,1H3,(H2-,12,13,17,18,19)/p+1. The second kappa shape index (κ2) is 6.78. The monoisotopic (exact) mass is 334 g/mol. The van der Waals surface area contributed by atoms with Crippen LogP contribution in [0.4, 0.5) is 5.82 Å². The predicted octanol–water partition coefficient (Wildman–Crippen LogP) is -1.33. The van der Waals surface area contributed by atoms with E-state index >= 15 is 0 Å². The Kier molecular flexibility index (Phi) is 5.22. The van der Waals surface area contributed by atoms with E-state index in [1.165, 1.54) is 6.20 Å². The molecule has 2 heterocycles. The van der Waals surface area contributed by atoms with Gasteiger partial charge in [-0.3, -0.25) is 4.57 Å². The molecule has 0 amide bonds. The second-order valence-corrected chi connectivity index (χ2v) is 5.51. The van der Waals surface area contributed by atoms with Crippen LogP contribution in [-0.2, 0) is 20.2 Å². The van der Waals surface area contributed by atoms with Gasteiger partial charge in [0.1, 0.15) is 30.7 Å². The van der Waals surface area contributed by atoms with E-state index in [1.807, 2.05) is 6.92 Å². The number of ether oxygens (including phenoxy) is 1. The summed E-state index contributed by atoms with van der Waals surface area (Å²) < 4.78 is 21.4. The molecule has 0 saturated carbocycles. The summed E-state index contributed by atoms with van der Waals surface area (Å²) in [7, 11) is -2.86. The minimum atomic E-state index is -2.86. The molecule has 0 radical (unpaired) electrons. The smallest absolute Gasteiger partial charge is 0.387 e. The van der Waals surface area contributed by atoms with Crippen molar-refractivity contribution in [1.82, 2.24) is 9.55 Å². The van der Waals surface area contributed by atoms with E-state index in [9.17, 15) is 19.6 Å². The largest absolute Gasteiger partial charge is 0.694 e. The Balaban J connectivity index is 2.26. The van der Waals surface area contributed by atoms with Crippen molar-refractivity contribution in [3.05, 3.63) is 22.2 Å². The van der Waals surface area contributed by atoms with Crippen molar-refractivity contribution >= 4 is 14.1 Å². The number of nitrogen functional groups attached to an aromatic ring is 1. The molecular weight excluding hydrogens is 317 g/mol. The lowest BCUT2D eigenvalue weighted by Crippen LogP contribution is -2.36. The Morgan fingerprint density at radius 2 is 2.18 bits per heavy atom. The van der Waals surface area contributed by atoms with Crippen LogP contribution in [0.3, 0.4) is 0 Å². The van der Waals surface area contributed by atoms with Gasteiger partial charge in [-0.1, -0.05) is 6.92 Å².